The standard InChI is InChI=1S/C19H16F2N2O6/c20-15-10(8-14-17(24)23-19(27)29-14)3-6-13(16(15)21)28-11-4-1-9(2-5-11)7-12(22)18(25)26/h1-6,12,14H,7-8,22H2,(H,25,26)(H,23,24,27). The van der Waals surface area contributed by atoms with Crippen LogP contribution in [0.15, 0.2) is 36.4 Å². The number of carboxylic acid groups (broad SMARTS) is 1. The molecule has 0 spiro atoms. The molecule has 2 aromatic rings. The lowest BCUT2D eigenvalue weighted by molar-refractivity contribution is -0.138. The number of hydrogen-bond acceptors (Lipinski definition) is 6. The molecule has 1 aliphatic heterocycles. The van der Waals surface area contributed by atoms with Crippen molar-refractivity contribution < 1.29 is 37.7 Å². The van der Waals surface area contributed by atoms with E-state index in [-0.39, 0.29) is 29.9 Å². The van der Waals surface area contributed by atoms with Crippen molar-refractivity contribution in [1.29, 1.82) is 0 Å². The molecule has 2 amide bonds. The number of carbonyl (C=O) groups is 3. The average Bonchev–Trinajstić information content (AvgIpc) is 2.99. The van der Waals surface area contributed by atoms with E-state index < -0.39 is 41.7 Å². The van der Waals surface area contributed by atoms with Gasteiger partial charge in [0, 0.05) is 6.42 Å². The highest BCUT2D eigenvalue weighted by Gasteiger charge is 2.33. The zero-order valence-electron chi connectivity index (χ0n) is 14.9. The summed E-state index contributed by atoms with van der Waals surface area (Å²) in [4.78, 5) is 33.3. The Balaban J connectivity index is 1.70. The molecule has 1 aliphatic rings. The van der Waals surface area contributed by atoms with Gasteiger partial charge in [0.25, 0.3) is 5.91 Å². The molecule has 0 saturated carbocycles. The molecule has 0 bridgehead atoms. The second-order valence-electron chi connectivity index (χ2n) is 6.33. The number of aliphatic carboxylic acids is 1. The first-order chi connectivity index (χ1) is 13.7. The molecule has 152 valence electrons. The zero-order valence-corrected chi connectivity index (χ0v) is 14.9. The molecule has 2 atom stereocenters. The van der Waals surface area contributed by atoms with Crippen molar-refractivity contribution in [2.75, 3.05) is 0 Å². The molecule has 1 saturated heterocycles. The summed E-state index contributed by atoms with van der Waals surface area (Å²) < 4.78 is 38.7. The summed E-state index contributed by atoms with van der Waals surface area (Å²) in [6.07, 6.45) is -2.38. The highest BCUT2D eigenvalue weighted by Crippen LogP contribution is 2.29. The Labute approximate surface area is 163 Å². The normalized spacial score (nSPS) is 16.9. The van der Waals surface area contributed by atoms with Gasteiger partial charge in [0.1, 0.15) is 11.8 Å². The van der Waals surface area contributed by atoms with Crippen LogP contribution in [0.2, 0.25) is 0 Å². The van der Waals surface area contributed by atoms with Crippen molar-refractivity contribution in [3.8, 4) is 11.5 Å². The van der Waals surface area contributed by atoms with Crippen molar-refractivity contribution >= 4 is 18.0 Å². The van der Waals surface area contributed by atoms with Gasteiger partial charge in [-0.2, -0.15) is 4.39 Å². The second-order valence-corrected chi connectivity index (χ2v) is 6.33. The van der Waals surface area contributed by atoms with Crippen LogP contribution in [0, 0.1) is 11.6 Å². The fourth-order valence-corrected chi connectivity index (χ4v) is 2.70. The van der Waals surface area contributed by atoms with Crippen molar-refractivity contribution in [2.24, 2.45) is 5.73 Å². The number of benzene rings is 2. The molecule has 0 aliphatic carbocycles. The summed E-state index contributed by atoms with van der Waals surface area (Å²) in [5, 5.41) is 10.7. The quantitative estimate of drug-likeness (QED) is 0.641. The number of carbonyl (C=O) groups excluding carboxylic acids is 2. The second kappa shape index (κ2) is 8.23. The molecular formula is C19H16F2N2O6. The van der Waals surface area contributed by atoms with E-state index in [1.165, 1.54) is 24.3 Å². The van der Waals surface area contributed by atoms with E-state index in [2.05, 4.69) is 4.74 Å². The van der Waals surface area contributed by atoms with Crippen LogP contribution in [-0.2, 0) is 27.2 Å². The molecule has 0 aromatic heterocycles. The SMILES string of the molecule is NC(Cc1ccc(Oc2ccc(CC3OC(=O)NC3=O)c(F)c2F)cc1)C(=O)O. The van der Waals surface area contributed by atoms with Crippen LogP contribution < -0.4 is 15.8 Å². The van der Waals surface area contributed by atoms with Gasteiger partial charge in [0.05, 0.1) is 0 Å². The number of rotatable bonds is 7. The maximum atomic E-state index is 14.3. The van der Waals surface area contributed by atoms with Crippen LogP contribution in [0.25, 0.3) is 0 Å². The molecule has 1 fully saturated rings. The number of hydrogen-bond donors (Lipinski definition) is 3. The van der Waals surface area contributed by atoms with E-state index in [0.717, 1.165) is 0 Å². The highest BCUT2D eigenvalue weighted by atomic mass is 19.2. The monoisotopic (exact) mass is 406 g/mol. The van der Waals surface area contributed by atoms with E-state index in [1.54, 1.807) is 12.1 Å². The zero-order chi connectivity index (χ0) is 21.1. The summed E-state index contributed by atoms with van der Waals surface area (Å²) in [5.74, 6) is -4.51. The highest BCUT2D eigenvalue weighted by molar-refractivity contribution is 6.00. The lowest BCUT2D eigenvalue weighted by atomic mass is 10.1. The maximum Gasteiger partial charge on any atom is 0.414 e. The molecule has 10 heteroatoms. The first kappa shape index (κ1) is 20.2. The number of imide groups is 1. The van der Waals surface area contributed by atoms with Gasteiger partial charge in [-0.1, -0.05) is 18.2 Å². The minimum Gasteiger partial charge on any atom is -0.480 e. The number of nitrogens with two attached hydrogens (primary N) is 1. The van der Waals surface area contributed by atoms with Gasteiger partial charge in [0.2, 0.25) is 5.82 Å². The minimum atomic E-state index is -1.26. The van der Waals surface area contributed by atoms with Gasteiger partial charge in [0.15, 0.2) is 17.7 Å². The number of carboxylic acids is 1. The van der Waals surface area contributed by atoms with Crippen molar-refractivity contribution in [3.05, 3.63) is 59.2 Å². The van der Waals surface area contributed by atoms with Gasteiger partial charge in [-0.25, -0.2) is 9.18 Å². The van der Waals surface area contributed by atoms with Crippen LogP contribution in [0.1, 0.15) is 11.1 Å². The van der Waals surface area contributed by atoms with E-state index in [0.29, 0.717) is 5.56 Å². The molecule has 3 rings (SSSR count). The fourth-order valence-electron chi connectivity index (χ4n) is 2.70. The molecule has 1 heterocycles. The minimum absolute atomic E-state index is 0.104. The number of amides is 2. The Bertz CT molecular complexity index is 964. The molecule has 8 nitrogen and oxygen atoms in total. The number of cyclic esters (lactones) is 1. The average molecular weight is 406 g/mol. The third-order valence-corrected chi connectivity index (χ3v) is 4.22. The Morgan fingerprint density at radius 1 is 1.17 bits per heavy atom. The smallest absolute Gasteiger partial charge is 0.414 e. The maximum absolute atomic E-state index is 14.3. The first-order valence-corrected chi connectivity index (χ1v) is 8.48. The van der Waals surface area contributed by atoms with Gasteiger partial charge in [-0.3, -0.25) is 14.9 Å². The number of nitrogens with one attached hydrogen (secondary N) is 1. The Kier molecular flexibility index (Phi) is 5.74. The third-order valence-electron chi connectivity index (χ3n) is 4.22. The van der Waals surface area contributed by atoms with Gasteiger partial charge in [-0.05, 0) is 35.7 Å². The van der Waals surface area contributed by atoms with Gasteiger partial charge < -0.3 is 20.3 Å². The van der Waals surface area contributed by atoms with E-state index in [4.69, 9.17) is 15.6 Å². The van der Waals surface area contributed by atoms with Gasteiger partial charge >= 0.3 is 12.1 Å². The first-order valence-electron chi connectivity index (χ1n) is 8.48. The Morgan fingerprint density at radius 3 is 2.45 bits per heavy atom. The summed E-state index contributed by atoms with van der Waals surface area (Å²) in [6, 6.07) is 7.43. The van der Waals surface area contributed by atoms with Crippen molar-refractivity contribution in [3.63, 3.8) is 0 Å². The predicted octanol–water partition coefficient (Wildman–Crippen LogP) is 1.89. The number of alkyl carbamates (subject to hydrolysis) is 1. The third kappa shape index (κ3) is 4.66. The van der Waals surface area contributed by atoms with E-state index in [9.17, 15) is 23.2 Å². The number of ether oxygens (including phenoxy) is 2. The Hall–Kier alpha value is -3.53. The van der Waals surface area contributed by atoms with E-state index in [1.807, 2.05) is 5.32 Å². The van der Waals surface area contributed by atoms with Crippen molar-refractivity contribution in [2.45, 2.75) is 25.0 Å². The lowest BCUT2D eigenvalue weighted by Gasteiger charge is -2.12. The van der Waals surface area contributed by atoms with Crippen LogP contribution in [-0.4, -0.2) is 35.2 Å². The summed E-state index contributed by atoms with van der Waals surface area (Å²) >= 11 is 0. The number of halogens is 2. The molecule has 0 radical (unpaired) electrons. The van der Waals surface area contributed by atoms with Gasteiger partial charge in [-0.15, -0.1) is 0 Å². The van der Waals surface area contributed by atoms with Crippen LogP contribution >= 0.6 is 0 Å². The summed E-state index contributed by atoms with van der Waals surface area (Å²) in [6.45, 7) is 0. The molecule has 2 aromatic carbocycles. The fraction of sp³-hybridized carbons (Fsp3) is 0.211. The predicted molar refractivity (Wildman–Crippen MR) is 94.3 cm³/mol. The van der Waals surface area contributed by atoms with Crippen LogP contribution in [0.3, 0.4) is 0 Å². The molecule has 2 unspecified atom stereocenters. The lowest BCUT2D eigenvalue weighted by Crippen LogP contribution is -2.32. The largest absolute Gasteiger partial charge is 0.480 e. The van der Waals surface area contributed by atoms with E-state index >= 15 is 0 Å². The van der Waals surface area contributed by atoms with Crippen LogP contribution in [0.5, 0.6) is 11.5 Å². The van der Waals surface area contributed by atoms with Crippen molar-refractivity contribution in [1.82, 2.24) is 5.32 Å². The molecular weight excluding hydrogens is 390 g/mol. The van der Waals surface area contributed by atoms with Crippen LogP contribution in [0.4, 0.5) is 13.6 Å². The topological polar surface area (TPSA) is 128 Å². The Morgan fingerprint density at radius 2 is 1.86 bits per heavy atom. The summed E-state index contributed by atoms with van der Waals surface area (Å²) in [5.41, 5.74) is 5.95. The summed E-state index contributed by atoms with van der Waals surface area (Å²) in [7, 11) is 0. The molecule has 29 heavy (non-hydrogen) atoms. The molecule has 4 N–H and O–H groups in total.